The maximum Gasteiger partial charge on any atom is 0.339 e. The minimum absolute atomic E-state index is 0.0924. The normalized spacial score (nSPS) is 10.8. The second-order valence-electron chi connectivity index (χ2n) is 4.31. The maximum atomic E-state index is 11.4. The average Bonchev–Trinajstić information content (AvgIpc) is 2.60. The van der Waals surface area contributed by atoms with E-state index in [0.717, 1.165) is 0 Å². The monoisotopic (exact) mass is 280 g/mol. The molecule has 0 bridgehead atoms. The van der Waals surface area contributed by atoms with Crippen LogP contribution in [0.4, 0.5) is 0 Å². The molecule has 0 spiro atoms. The molecule has 0 aliphatic rings. The summed E-state index contributed by atoms with van der Waals surface area (Å²) < 4.78 is 1.42. The first-order valence-corrected chi connectivity index (χ1v) is 6.01. The van der Waals surface area contributed by atoms with E-state index in [2.05, 4.69) is 15.3 Å². The van der Waals surface area contributed by atoms with Gasteiger partial charge in [0.25, 0.3) is 0 Å². The fraction of sp³-hybridized carbons (Fsp3) is 0.333. The number of halogens is 1. The molecular weight excluding hydrogens is 268 g/mol. The molecule has 2 heterocycles. The highest BCUT2D eigenvalue weighted by Gasteiger charge is 2.22. The Morgan fingerprint density at radius 1 is 1.16 bits per heavy atom. The van der Waals surface area contributed by atoms with Gasteiger partial charge in [0.15, 0.2) is 5.82 Å². The van der Waals surface area contributed by atoms with Crippen LogP contribution in [0.3, 0.4) is 0 Å². The first-order chi connectivity index (χ1) is 8.84. The third-order valence-corrected chi connectivity index (χ3v) is 3.60. The molecule has 0 amide bonds. The first-order valence-electron chi connectivity index (χ1n) is 5.63. The maximum absolute atomic E-state index is 11.4. The Bertz CT molecular complexity index is 679. The van der Waals surface area contributed by atoms with Crippen molar-refractivity contribution in [3.8, 4) is 5.82 Å². The highest BCUT2D eigenvalue weighted by molar-refractivity contribution is 6.31. The molecule has 0 atom stereocenters. The van der Waals surface area contributed by atoms with Crippen molar-refractivity contribution in [1.29, 1.82) is 0 Å². The fourth-order valence-corrected chi connectivity index (χ4v) is 1.95. The Kier molecular flexibility index (Phi) is 3.28. The van der Waals surface area contributed by atoms with Crippen molar-refractivity contribution in [2.75, 3.05) is 0 Å². The standard InChI is InChI=1S/C12H13ClN4O2/c1-5-6(2)14-15-11(9(5)12(18)19)17-8(4)10(13)7(3)16-17/h1-4H3,(H,18,19). The molecule has 2 aromatic heterocycles. The number of aromatic carboxylic acids is 1. The van der Waals surface area contributed by atoms with Gasteiger partial charge in [-0.2, -0.15) is 10.2 Å². The number of rotatable bonds is 2. The second kappa shape index (κ2) is 4.62. The molecule has 1 N–H and O–H groups in total. The van der Waals surface area contributed by atoms with Crippen LogP contribution in [0.2, 0.25) is 5.02 Å². The molecule has 0 unspecified atom stereocenters. The zero-order valence-electron chi connectivity index (χ0n) is 11.0. The lowest BCUT2D eigenvalue weighted by Crippen LogP contribution is -2.14. The van der Waals surface area contributed by atoms with Gasteiger partial charge < -0.3 is 5.11 Å². The summed E-state index contributed by atoms with van der Waals surface area (Å²) in [5, 5.41) is 22.0. The van der Waals surface area contributed by atoms with Gasteiger partial charge in [0.1, 0.15) is 5.56 Å². The molecule has 0 radical (unpaired) electrons. The topological polar surface area (TPSA) is 80.9 Å². The molecular formula is C12H13ClN4O2. The third-order valence-electron chi connectivity index (χ3n) is 3.05. The van der Waals surface area contributed by atoms with Crippen LogP contribution < -0.4 is 0 Å². The summed E-state index contributed by atoms with van der Waals surface area (Å²) in [5.74, 6) is -0.878. The Morgan fingerprint density at radius 3 is 2.26 bits per heavy atom. The van der Waals surface area contributed by atoms with Gasteiger partial charge in [-0.15, -0.1) is 5.10 Å². The van der Waals surface area contributed by atoms with Crippen molar-refractivity contribution in [3.05, 3.63) is 33.2 Å². The minimum Gasteiger partial charge on any atom is -0.478 e. The number of carboxylic acids is 1. The minimum atomic E-state index is -1.06. The highest BCUT2D eigenvalue weighted by Crippen LogP contribution is 2.24. The van der Waals surface area contributed by atoms with Crippen molar-refractivity contribution in [1.82, 2.24) is 20.0 Å². The smallest absolute Gasteiger partial charge is 0.339 e. The van der Waals surface area contributed by atoms with E-state index in [-0.39, 0.29) is 11.4 Å². The van der Waals surface area contributed by atoms with E-state index in [1.165, 1.54) is 4.68 Å². The predicted molar refractivity (Wildman–Crippen MR) is 70.1 cm³/mol. The Balaban J connectivity index is 2.79. The Labute approximate surface area is 115 Å². The van der Waals surface area contributed by atoms with Crippen molar-refractivity contribution >= 4 is 17.6 Å². The van der Waals surface area contributed by atoms with Gasteiger partial charge in [-0.3, -0.25) is 0 Å². The lowest BCUT2D eigenvalue weighted by molar-refractivity contribution is 0.0695. The van der Waals surface area contributed by atoms with Gasteiger partial charge in [-0.25, -0.2) is 9.48 Å². The number of aryl methyl sites for hydroxylation is 2. The summed E-state index contributed by atoms with van der Waals surface area (Å²) >= 11 is 6.07. The molecule has 100 valence electrons. The molecule has 7 heteroatoms. The van der Waals surface area contributed by atoms with E-state index in [1.54, 1.807) is 27.7 Å². The molecule has 0 aliphatic heterocycles. The van der Waals surface area contributed by atoms with Crippen LogP contribution in [0, 0.1) is 27.7 Å². The number of hydrogen-bond donors (Lipinski definition) is 1. The molecule has 0 saturated carbocycles. The quantitative estimate of drug-likeness (QED) is 0.912. The molecule has 6 nitrogen and oxygen atoms in total. The Morgan fingerprint density at radius 2 is 1.79 bits per heavy atom. The van der Waals surface area contributed by atoms with Crippen LogP contribution in [-0.2, 0) is 0 Å². The van der Waals surface area contributed by atoms with E-state index >= 15 is 0 Å². The van der Waals surface area contributed by atoms with Crippen LogP contribution >= 0.6 is 11.6 Å². The predicted octanol–water partition coefficient (Wildman–Crippen LogP) is 2.25. The molecule has 19 heavy (non-hydrogen) atoms. The van der Waals surface area contributed by atoms with E-state index in [1.807, 2.05) is 0 Å². The molecule has 0 fully saturated rings. The summed E-state index contributed by atoms with van der Waals surface area (Å²) in [4.78, 5) is 11.4. The number of carboxylic acid groups (broad SMARTS) is 1. The molecule has 2 rings (SSSR count). The Hall–Kier alpha value is -1.95. The van der Waals surface area contributed by atoms with Crippen LogP contribution in [0.1, 0.15) is 33.0 Å². The summed E-state index contributed by atoms with van der Waals surface area (Å²) in [6.45, 7) is 6.92. The van der Waals surface area contributed by atoms with E-state index in [4.69, 9.17) is 11.6 Å². The van der Waals surface area contributed by atoms with E-state index in [0.29, 0.717) is 27.7 Å². The third kappa shape index (κ3) is 2.08. The van der Waals surface area contributed by atoms with Crippen molar-refractivity contribution in [3.63, 3.8) is 0 Å². The van der Waals surface area contributed by atoms with E-state index in [9.17, 15) is 9.90 Å². The van der Waals surface area contributed by atoms with Gasteiger partial charge in [0.05, 0.1) is 22.1 Å². The van der Waals surface area contributed by atoms with Gasteiger partial charge in [-0.1, -0.05) is 11.6 Å². The summed E-state index contributed by atoms with van der Waals surface area (Å²) in [5.41, 5.74) is 2.50. The van der Waals surface area contributed by atoms with Crippen LogP contribution in [-0.4, -0.2) is 31.1 Å². The molecule has 0 aliphatic carbocycles. The lowest BCUT2D eigenvalue weighted by atomic mass is 10.1. The average molecular weight is 281 g/mol. The zero-order valence-corrected chi connectivity index (χ0v) is 11.8. The summed E-state index contributed by atoms with van der Waals surface area (Å²) in [6.07, 6.45) is 0. The van der Waals surface area contributed by atoms with Gasteiger partial charge in [0, 0.05) is 0 Å². The summed E-state index contributed by atoms with van der Waals surface area (Å²) in [7, 11) is 0. The second-order valence-corrected chi connectivity index (χ2v) is 4.69. The molecule has 2 aromatic rings. The van der Waals surface area contributed by atoms with Crippen LogP contribution in [0.15, 0.2) is 0 Å². The van der Waals surface area contributed by atoms with Gasteiger partial charge >= 0.3 is 5.97 Å². The largest absolute Gasteiger partial charge is 0.478 e. The molecule has 0 saturated heterocycles. The lowest BCUT2D eigenvalue weighted by Gasteiger charge is -2.10. The van der Waals surface area contributed by atoms with Gasteiger partial charge in [-0.05, 0) is 33.3 Å². The number of nitrogens with zero attached hydrogens (tertiary/aromatic N) is 4. The van der Waals surface area contributed by atoms with Crippen LogP contribution in [0.25, 0.3) is 5.82 Å². The number of carbonyl (C=O) groups is 1. The SMILES string of the molecule is Cc1nnc(-n2nc(C)c(Cl)c2C)c(C(=O)O)c1C. The van der Waals surface area contributed by atoms with Crippen molar-refractivity contribution in [2.45, 2.75) is 27.7 Å². The molecule has 0 aromatic carbocycles. The van der Waals surface area contributed by atoms with Gasteiger partial charge in [0.2, 0.25) is 0 Å². The number of aromatic nitrogens is 4. The van der Waals surface area contributed by atoms with Crippen molar-refractivity contribution < 1.29 is 9.90 Å². The first kappa shape index (κ1) is 13.5. The highest BCUT2D eigenvalue weighted by atomic mass is 35.5. The fourth-order valence-electron chi connectivity index (χ4n) is 1.83. The summed E-state index contributed by atoms with van der Waals surface area (Å²) in [6, 6.07) is 0. The number of hydrogen-bond acceptors (Lipinski definition) is 4. The van der Waals surface area contributed by atoms with Crippen molar-refractivity contribution in [2.24, 2.45) is 0 Å². The van der Waals surface area contributed by atoms with E-state index < -0.39 is 5.97 Å². The zero-order chi connectivity index (χ0) is 14.3. The van der Waals surface area contributed by atoms with Crippen LogP contribution in [0.5, 0.6) is 0 Å².